The van der Waals surface area contributed by atoms with Gasteiger partial charge in [-0.05, 0) is 17.7 Å². The number of ether oxygens (including phenoxy) is 3. The first-order valence-corrected chi connectivity index (χ1v) is 10.3. The molecule has 0 amide bonds. The fourth-order valence-electron chi connectivity index (χ4n) is 4.10. The second-order valence-electron chi connectivity index (χ2n) is 7.80. The highest BCUT2D eigenvalue weighted by Crippen LogP contribution is 2.49. The van der Waals surface area contributed by atoms with E-state index in [2.05, 4.69) is 0 Å². The van der Waals surface area contributed by atoms with Crippen molar-refractivity contribution in [2.75, 3.05) is 20.8 Å². The van der Waals surface area contributed by atoms with Gasteiger partial charge in [-0.2, -0.15) is 0 Å². The molecular weight excluding hydrogens is 452 g/mol. The van der Waals surface area contributed by atoms with Crippen LogP contribution in [-0.2, 0) is 4.74 Å². The molecule has 11 nitrogen and oxygen atoms in total. The predicted octanol–water partition coefficient (Wildman–Crippen LogP) is 0.403. The van der Waals surface area contributed by atoms with Crippen LogP contribution in [0.1, 0.15) is 11.7 Å². The van der Waals surface area contributed by atoms with Crippen molar-refractivity contribution in [2.45, 2.75) is 30.5 Å². The summed E-state index contributed by atoms with van der Waals surface area (Å²) in [6.07, 6.45) is -6.91. The molecule has 0 radical (unpaired) electrons. The van der Waals surface area contributed by atoms with E-state index >= 15 is 0 Å². The van der Waals surface area contributed by atoms with Crippen LogP contribution >= 0.6 is 0 Å². The molecule has 0 saturated carbocycles. The number of aliphatic hydroxyl groups excluding tert-OH is 4. The molecule has 0 bridgehead atoms. The Labute approximate surface area is 192 Å². The summed E-state index contributed by atoms with van der Waals surface area (Å²) >= 11 is 0. The van der Waals surface area contributed by atoms with Crippen molar-refractivity contribution in [1.29, 1.82) is 0 Å². The van der Waals surface area contributed by atoms with Crippen molar-refractivity contribution in [3.8, 4) is 34.1 Å². The molecule has 182 valence electrons. The highest BCUT2D eigenvalue weighted by atomic mass is 16.5. The molecule has 1 aliphatic rings. The number of rotatable bonds is 5. The quantitative estimate of drug-likeness (QED) is 0.300. The maximum Gasteiger partial charge on any atom is 0.204 e. The minimum absolute atomic E-state index is 0.0814. The van der Waals surface area contributed by atoms with Crippen molar-refractivity contribution in [3.05, 3.63) is 46.3 Å². The van der Waals surface area contributed by atoms with Crippen LogP contribution in [0.25, 0.3) is 22.1 Å². The van der Waals surface area contributed by atoms with E-state index in [0.717, 1.165) is 13.4 Å². The second-order valence-corrected chi connectivity index (χ2v) is 7.80. The third-order valence-electron chi connectivity index (χ3n) is 5.94. The lowest BCUT2D eigenvalue weighted by atomic mass is 9.89. The molecule has 2 heterocycles. The summed E-state index contributed by atoms with van der Waals surface area (Å²) in [6.45, 7) is -0.707. The Hall–Kier alpha value is -3.35. The van der Waals surface area contributed by atoms with E-state index in [1.807, 2.05) is 0 Å². The number of aliphatic hydroxyl groups is 4. The van der Waals surface area contributed by atoms with Crippen LogP contribution in [0.15, 0.2) is 39.7 Å². The third-order valence-corrected chi connectivity index (χ3v) is 5.94. The van der Waals surface area contributed by atoms with Gasteiger partial charge in [0.2, 0.25) is 11.2 Å². The van der Waals surface area contributed by atoms with Crippen LogP contribution in [0.2, 0.25) is 0 Å². The molecule has 4 rings (SSSR count). The second kappa shape index (κ2) is 9.12. The summed E-state index contributed by atoms with van der Waals surface area (Å²) in [6, 6.07) is 6.50. The molecule has 1 aliphatic heterocycles. The highest BCUT2D eigenvalue weighted by Gasteiger charge is 2.46. The Morgan fingerprint density at radius 1 is 0.941 bits per heavy atom. The molecule has 0 spiro atoms. The number of hydrogen-bond acceptors (Lipinski definition) is 11. The van der Waals surface area contributed by atoms with Gasteiger partial charge in [0.15, 0.2) is 17.1 Å². The number of phenols is 2. The van der Waals surface area contributed by atoms with Crippen molar-refractivity contribution in [1.82, 2.24) is 0 Å². The SMILES string of the molecule is COc1ccc(-c2coc3c([C@@H]4OC(CO)[C@@H](O)[C@H](O)C4O)c(O)c(OC)c(O)c3c2=O)cc1. The van der Waals surface area contributed by atoms with Crippen LogP contribution in [0, 0.1) is 0 Å². The number of aromatic hydroxyl groups is 2. The molecule has 11 heteroatoms. The molecular formula is C23H24O11. The molecule has 0 aliphatic carbocycles. The summed E-state index contributed by atoms with van der Waals surface area (Å²) in [5.41, 5.74) is -0.773. The zero-order valence-electron chi connectivity index (χ0n) is 18.2. The van der Waals surface area contributed by atoms with Crippen molar-refractivity contribution < 1.29 is 49.3 Å². The van der Waals surface area contributed by atoms with E-state index in [9.17, 15) is 35.4 Å². The maximum atomic E-state index is 13.4. The van der Waals surface area contributed by atoms with Gasteiger partial charge in [-0.15, -0.1) is 0 Å². The van der Waals surface area contributed by atoms with Crippen LogP contribution in [-0.4, -0.2) is 75.9 Å². The van der Waals surface area contributed by atoms with E-state index in [0.29, 0.717) is 11.3 Å². The standard InChI is InChI=1S/C23H24O11/c1-31-10-5-3-9(4-6-10)11-8-33-21-13(15(11)25)17(27)23(32-2)18(28)14(21)22-20(30)19(29)16(26)12(7-24)34-22/h3-6,8,12,16,19-20,22,24,26-30H,7H2,1-2H3/t12?,16-,19+,20?,22+/m1/s1. The summed E-state index contributed by atoms with van der Waals surface area (Å²) in [4.78, 5) is 13.4. The average molecular weight is 476 g/mol. The molecule has 3 aromatic rings. The fourth-order valence-corrected chi connectivity index (χ4v) is 4.10. The van der Waals surface area contributed by atoms with E-state index in [1.165, 1.54) is 7.11 Å². The lowest BCUT2D eigenvalue weighted by Crippen LogP contribution is -2.55. The largest absolute Gasteiger partial charge is 0.504 e. The van der Waals surface area contributed by atoms with Crippen LogP contribution < -0.4 is 14.9 Å². The number of benzene rings is 2. The Balaban J connectivity index is 1.98. The van der Waals surface area contributed by atoms with Crippen LogP contribution in [0.4, 0.5) is 0 Å². The van der Waals surface area contributed by atoms with Gasteiger partial charge >= 0.3 is 0 Å². The summed E-state index contributed by atoms with van der Waals surface area (Å²) in [7, 11) is 2.64. The van der Waals surface area contributed by atoms with E-state index in [4.69, 9.17) is 18.6 Å². The number of fused-ring (bicyclic) bond motifs is 1. The zero-order chi connectivity index (χ0) is 24.7. The summed E-state index contributed by atoms with van der Waals surface area (Å²) in [5.74, 6) is -1.34. The molecule has 1 aromatic heterocycles. The van der Waals surface area contributed by atoms with Gasteiger partial charge in [-0.25, -0.2) is 0 Å². The molecule has 2 unspecified atom stereocenters. The molecule has 1 fully saturated rings. The van der Waals surface area contributed by atoms with E-state index in [-0.39, 0.29) is 22.1 Å². The number of hydrogen-bond donors (Lipinski definition) is 6. The Morgan fingerprint density at radius 3 is 2.21 bits per heavy atom. The summed E-state index contributed by atoms with van der Waals surface area (Å²) in [5, 5.41) is 61.6. The molecule has 5 atom stereocenters. The minimum atomic E-state index is -1.78. The fraction of sp³-hybridized carbons (Fsp3) is 0.348. The maximum absolute atomic E-state index is 13.4. The van der Waals surface area contributed by atoms with Gasteiger partial charge in [-0.1, -0.05) is 12.1 Å². The average Bonchev–Trinajstić information content (AvgIpc) is 2.84. The van der Waals surface area contributed by atoms with Gasteiger partial charge < -0.3 is 49.3 Å². The van der Waals surface area contributed by atoms with Gasteiger partial charge in [0, 0.05) is 0 Å². The normalized spacial score (nSPS) is 24.8. The van der Waals surface area contributed by atoms with Crippen LogP contribution in [0.3, 0.4) is 0 Å². The molecule has 34 heavy (non-hydrogen) atoms. The van der Waals surface area contributed by atoms with Gasteiger partial charge in [0.25, 0.3) is 0 Å². The van der Waals surface area contributed by atoms with Gasteiger partial charge in [0.05, 0.1) is 32.0 Å². The lowest BCUT2D eigenvalue weighted by molar-refractivity contribution is -0.231. The Bertz CT molecular complexity index is 1250. The van der Waals surface area contributed by atoms with E-state index < -0.39 is 59.8 Å². The van der Waals surface area contributed by atoms with Crippen molar-refractivity contribution in [2.24, 2.45) is 0 Å². The van der Waals surface area contributed by atoms with Crippen molar-refractivity contribution >= 4 is 11.0 Å². The smallest absolute Gasteiger partial charge is 0.204 e. The van der Waals surface area contributed by atoms with Crippen molar-refractivity contribution in [3.63, 3.8) is 0 Å². The van der Waals surface area contributed by atoms with Gasteiger partial charge in [0.1, 0.15) is 47.9 Å². The van der Waals surface area contributed by atoms with E-state index in [1.54, 1.807) is 24.3 Å². The monoisotopic (exact) mass is 476 g/mol. The minimum Gasteiger partial charge on any atom is -0.504 e. The first kappa shape index (κ1) is 23.8. The van der Waals surface area contributed by atoms with Crippen LogP contribution in [0.5, 0.6) is 23.0 Å². The zero-order valence-corrected chi connectivity index (χ0v) is 18.2. The molecule has 1 saturated heterocycles. The highest BCUT2D eigenvalue weighted by molar-refractivity contribution is 5.94. The number of methoxy groups -OCH3 is 2. The first-order valence-electron chi connectivity index (χ1n) is 10.3. The first-order chi connectivity index (χ1) is 16.2. The Kier molecular flexibility index (Phi) is 6.39. The van der Waals surface area contributed by atoms with Gasteiger partial charge in [-0.3, -0.25) is 4.79 Å². The number of phenolic OH excluding ortho intramolecular Hbond substituents is 2. The summed E-state index contributed by atoms with van der Waals surface area (Å²) < 4.78 is 21.4. The lowest BCUT2D eigenvalue weighted by Gasteiger charge is -2.40. The predicted molar refractivity (Wildman–Crippen MR) is 117 cm³/mol. The molecule has 2 aromatic carbocycles. The third kappa shape index (κ3) is 3.63. The Morgan fingerprint density at radius 2 is 1.62 bits per heavy atom. The molecule has 6 N–H and O–H groups in total. The topological polar surface area (TPSA) is 179 Å².